The Balaban J connectivity index is 0.00000196. The van der Waals surface area contributed by atoms with Crippen LogP contribution in [0.5, 0.6) is 0 Å². The molecule has 28 heavy (non-hydrogen) atoms. The molecule has 2 heterocycles. The molecule has 1 amide bonds. The summed E-state index contributed by atoms with van der Waals surface area (Å²) in [5.74, 6) is 3.76. The Morgan fingerprint density at radius 2 is 1.93 bits per heavy atom. The third-order valence-corrected chi connectivity index (χ3v) is 6.71. The number of thioether (sulfide) groups is 1. The van der Waals surface area contributed by atoms with Crippen LogP contribution in [0.1, 0.15) is 37.3 Å². The van der Waals surface area contributed by atoms with Crippen molar-refractivity contribution in [3.05, 3.63) is 29.3 Å². The van der Waals surface area contributed by atoms with Crippen LogP contribution in [0.25, 0.3) is 0 Å². The number of hydrogen-bond donors (Lipinski definition) is 2. The largest absolute Gasteiger partial charge is 0.326 e. The Bertz CT molecular complexity index is 605. The highest BCUT2D eigenvalue weighted by Gasteiger charge is 2.22. The Hall–Kier alpha value is -0.460. The van der Waals surface area contributed by atoms with Crippen LogP contribution in [-0.2, 0) is 11.3 Å². The predicted molar refractivity (Wildman–Crippen MR) is 126 cm³/mol. The molecule has 0 radical (unpaired) electrons. The van der Waals surface area contributed by atoms with Crippen LogP contribution in [0.4, 0.5) is 5.69 Å². The standard InChI is InChI=1S/C21H33N3OS.2ClH/c1-16(19-5-7-22-8-6-19)14-21(25)23-20-4-3-18(13-17(20)2)15-24-9-11-26-12-10-24;;/h3-4,13,16,19,22H,5-12,14-15H2,1-2H3,(H,23,25);2*1H. The Morgan fingerprint density at radius 1 is 1.25 bits per heavy atom. The summed E-state index contributed by atoms with van der Waals surface area (Å²) in [4.78, 5) is 15.0. The highest BCUT2D eigenvalue weighted by atomic mass is 35.5. The van der Waals surface area contributed by atoms with E-state index in [2.05, 4.69) is 47.6 Å². The molecule has 7 heteroatoms. The van der Waals surface area contributed by atoms with Crippen molar-refractivity contribution < 1.29 is 4.79 Å². The number of nitrogens with one attached hydrogen (secondary N) is 2. The number of piperidine rings is 1. The third-order valence-electron chi connectivity index (χ3n) is 5.77. The lowest BCUT2D eigenvalue weighted by molar-refractivity contribution is -0.117. The molecule has 2 fully saturated rings. The molecule has 2 saturated heterocycles. The normalized spacial score (nSPS) is 19.2. The number of rotatable bonds is 6. The summed E-state index contributed by atoms with van der Waals surface area (Å²) >= 11 is 2.04. The summed E-state index contributed by atoms with van der Waals surface area (Å²) in [5, 5.41) is 6.54. The number of anilines is 1. The minimum atomic E-state index is 0. The van der Waals surface area contributed by atoms with Gasteiger partial charge in [0.1, 0.15) is 0 Å². The highest BCUT2D eigenvalue weighted by Crippen LogP contribution is 2.25. The Kier molecular flexibility index (Phi) is 11.8. The summed E-state index contributed by atoms with van der Waals surface area (Å²) in [6.07, 6.45) is 3.01. The van der Waals surface area contributed by atoms with E-state index in [1.807, 2.05) is 11.8 Å². The van der Waals surface area contributed by atoms with Crippen LogP contribution in [0, 0.1) is 18.8 Å². The first-order valence-electron chi connectivity index (χ1n) is 10.0. The van der Waals surface area contributed by atoms with Gasteiger partial charge in [0.2, 0.25) is 5.91 Å². The monoisotopic (exact) mass is 447 g/mol. The van der Waals surface area contributed by atoms with Crippen molar-refractivity contribution in [2.45, 2.75) is 39.7 Å². The van der Waals surface area contributed by atoms with Gasteiger partial charge in [-0.25, -0.2) is 0 Å². The van der Waals surface area contributed by atoms with E-state index in [1.165, 1.54) is 43.0 Å². The van der Waals surface area contributed by atoms with Gasteiger partial charge in [-0.05, 0) is 61.9 Å². The van der Waals surface area contributed by atoms with Gasteiger partial charge >= 0.3 is 0 Å². The highest BCUT2D eigenvalue weighted by molar-refractivity contribution is 7.99. The van der Waals surface area contributed by atoms with Gasteiger partial charge in [0.25, 0.3) is 0 Å². The zero-order valence-electron chi connectivity index (χ0n) is 17.0. The van der Waals surface area contributed by atoms with Gasteiger partial charge in [-0.1, -0.05) is 19.1 Å². The van der Waals surface area contributed by atoms with E-state index in [-0.39, 0.29) is 30.7 Å². The van der Waals surface area contributed by atoms with E-state index in [1.54, 1.807) is 0 Å². The molecule has 1 unspecified atom stereocenters. The molecule has 2 aliphatic heterocycles. The maximum atomic E-state index is 12.5. The smallest absolute Gasteiger partial charge is 0.224 e. The number of nitrogens with zero attached hydrogens (tertiary/aromatic N) is 1. The van der Waals surface area contributed by atoms with Crippen molar-refractivity contribution in [2.75, 3.05) is 43.0 Å². The summed E-state index contributed by atoms with van der Waals surface area (Å²) in [7, 11) is 0. The van der Waals surface area contributed by atoms with Crippen molar-refractivity contribution in [3.8, 4) is 0 Å². The first-order valence-corrected chi connectivity index (χ1v) is 11.2. The number of carbonyl (C=O) groups excluding carboxylic acids is 1. The van der Waals surface area contributed by atoms with Gasteiger partial charge < -0.3 is 10.6 Å². The molecule has 2 N–H and O–H groups in total. The van der Waals surface area contributed by atoms with Crippen molar-refractivity contribution in [2.24, 2.45) is 11.8 Å². The lowest BCUT2D eigenvalue weighted by Gasteiger charge is -2.28. The van der Waals surface area contributed by atoms with E-state index in [9.17, 15) is 4.79 Å². The maximum absolute atomic E-state index is 12.5. The quantitative estimate of drug-likeness (QED) is 0.679. The molecule has 160 valence electrons. The van der Waals surface area contributed by atoms with Crippen LogP contribution >= 0.6 is 36.6 Å². The molecule has 1 aromatic rings. The molecule has 2 aliphatic rings. The number of halogens is 2. The number of hydrogen-bond acceptors (Lipinski definition) is 4. The lowest BCUT2D eigenvalue weighted by atomic mass is 9.84. The predicted octanol–water partition coefficient (Wildman–Crippen LogP) is 4.35. The molecule has 1 aromatic carbocycles. The van der Waals surface area contributed by atoms with Gasteiger partial charge in [0.05, 0.1) is 0 Å². The fourth-order valence-electron chi connectivity index (χ4n) is 4.06. The van der Waals surface area contributed by atoms with E-state index in [0.717, 1.165) is 30.9 Å². The lowest BCUT2D eigenvalue weighted by Crippen LogP contribution is -2.32. The summed E-state index contributed by atoms with van der Waals surface area (Å²) in [6, 6.07) is 6.48. The zero-order chi connectivity index (χ0) is 18.4. The van der Waals surface area contributed by atoms with Crippen LogP contribution in [0.3, 0.4) is 0 Å². The van der Waals surface area contributed by atoms with Gasteiger partial charge in [-0.3, -0.25) is 9.69 Å². The Labute approximate surface area is 186 Å². The number of amides is 1. The minimum absolute atomic E-state index is 0. The third kappa shape index (κ3) is 7.75. The van der Waals surface area contributed by atoms with Crippen LogP contribution in [0.15, 0.2) is 18.2 Å². The van der Waals surface area contributed by atoms with Gasteiger partial charge in [-0.15, -0.1) is 24.8 Å². The first-order chi connectivity index (χ1) is 12.6. The first kappa shape index (κ1) is 25.6. The maximum Gasteiger partial charge on any atom is 0.224 e. The van der Waals surface area contributed by atoms with Gasteiger partial charge in [0.15, 0.2) is 0 Å². The second-order valence-electron chi connectivity index (χ2n) is 7.85. The molecule has 1 atom stereocenters. The van der Waals surface area contributed by atoms with Crippen LogP contribution < -0.4 is 10.6 Å². The van der Waals surface area contributed by atoms with E-state index >= 15 is 0 Å². The SMILES string of the molecule is Cc1cc(CN2CCSCC2)ccc1NC(=O)CC(C)C1CCNCC1.Cl.Cl. The van der Waals surface area contributed by atoms with Crippen molar-refractivity contribution in [1.29, 1.82) is 0 Å². The van der Waals surface area contributed by atoms with Gasteiger partial charge in [0, 0.05) is 43.2 Å². The molecule has 4 nitrogen and oxygen atoms in total. The zero-order valence-corrected chi connectivity index (χ0v) is 19.5. The molecule has 0 aliphatic carbocycles. The topological polar surface area (TPSA) is 44.4 Å². The average Bonchev–Trinajstić information content (AvgIpc) is 2.65. The van der Waals surface area contributed by atoms with E-state index in [4.69, 9.17) is 0 Å². The van der Waals surface area contributed by atoms with Crippen molar-refractivity contribution in [3.63, 3.8) is 0 Å². The summed E-state index contributed by atoms with van der Waals surface area (Å²) in [5.41, 5.74) is 3.47. The minimum Gasteiger partial charge on any atom is -0.326 e. The van der Waals surface area contributed by atoms with E-state index < -0.39 is 0 Å². The average molecular weight is 449 g/mol. The number of benzene rings is 1. The molecule has 0 spiro atoms. The fraction of sp³-hybridized carbons (Fsp3) is 0.667. The van der Waals surface area contributed by atoms with Gasteiger partial charge in [-0.2, -0.15) is 11.8 Å². The van der Waals surface area contributed by atoms with E-state index in [0.29, 0.717) is 18.3 Å². The molecule has 0 aromatic heterocycles. The second kappa shape index (κ2) is 13.0. The molecular weight excluding hydrogens is 413 g/mol. The van der Waals surface area contributed by atoms with Crippen LogP contribution in [-0.4, -0.2) is 48.5 Å². The molecule has 0 bridgehead atoms. The molecule has 3 rings (SSSR count). The number of carbonyl (C=O) groups is 1. The molecular formula is C21H35Cl2N3OS. The summed E-state index contributed by atoms with van der Waals surface area (Å²) < 4.78 is 0. The molecule has 0 saturated carbocycles. The fourth-order valence-corrected chi connectivity index (χ4v) is 5.03. The van der Waals surface area contributed by atoms with Crippen molar-refractivity contribution in [1.82, 2.24) is 10.2 Å². The Morgan fingerprint density at radius 3 is 2.57 bits per heavy atom. The van der Waals surface area contributed by atoms with Crippen molar-refractivity contribution >= 4 is 48.2 Å². The second-order valence-corrected chi connectivity index (χ2v) is 9.08. The number of aryl methyl sites for hydroxylation is 1. The summed E-state index contributed by atoms with van der Waals surface area (Å²) in [6.45, 7) is 9.87. The van der Waals surface area contributed by atoms with Crippen LogP contribution in [0.2, 0.25) is 0 Å².